The largest absolute Gasteiger partial charge is 0.504 e. The van der Waals surface area contributed by atoms with Gasteiger partial charge in [-0.15, -0.1) is 11.3 Å². The lowest BCUT2D eigenvalue weighted by Crippen LogP contribution is -2.32. The highest BCUT2D eigenvalue weighted by Gasteiger charge is 2.33. The van der Waals surface area contributed by atoms with E-state index in [9.17, 15) is 14.6 Å². The number of rotatable bonds is 4. The molecule has 0 saturated heterocycles. The van der Waals surface area contributed by atoms with Gasteiger partial charge in [0.15, 0.2) is 11.5 Å². The molecule has 0 saturated carbocycles. The fourth-order valence-corrected chi connectivity index (χ4v) is 6.42. The van der Waals surface area contributed by atoms with Crippen LogP contribution in [-0.4, -0.2) is 22.9 Å². The monoisotopic (exact) mass is 541 g/mol. The summed E-state index contributed by atoms with van der Waals surface area (Å²) in [5, 5.41) is 27.3. The van der Waals surface area contributed by atoms with Gasteiger partial charge in [0.2, 0.25) is 0 Å². The quantitative estimate of drug-likeness (QED) is 0.245. The third kappa shape index (κ3) is 4.28. The van der Waals surface area contributed by atoms with Crippen molar-refractivity contribution in [3.05, 3.63) is 99.0 Å². The van der Waals surface area contributed by atoms with Gasteiger partial charge in [-0.05, 0) is 79.8 Å². The van der Waals surface area contributed by atoms with E-state index in [0.29, 0.717) is 33.9 Å². The number of methoxy groups -OCH3 is 1. The average molecular weight is 542 g/mol. The molecule has 6 rings (SSSR count). The highest BCUT2D eigenvalue weighted by atomic mass is 32.1. The second kappa shape index (κ2) is 9.29. The zero-order valence-electron chi connectivity index (χ0n) is 22.0. The molecule has 2 aliphatic heterocycles. The van der Waals surface area contributed by atoms with Gasteiger partial charge < -0.3 is 25.0 Å². The Labute approximate surface area is 230 Å². The number of hydrogen-bond donors (Lipinski definition) is 3. The van der Waals surface area contributed by atoms with Crippen molar-refractivity contribution in [1.29, 1.82) is 0 Å². The number of halogens is 1. The minimum Gasteiger partial charge on any atom is -0.504 e. The lowest BCUT2D eigenvalue weighted by Gasteiger charge is -2.35. The average Bonchev–Trinajstić information content (AvgIpc) is 3.36. The Morgan fingerprint density at radius 1 is 1.03 bits per heavy atom. The third-order valence-electron chi connectivity index (χ3n) is 7.14. The minimum atomic E-state index is -0.926. The van der Waals surface area contributed by atoms with Gasteiger partial charge >= 0.3 is 0 Å². The summed E-state index contributed by atoms with van der Waals surface area (Å²) in [6.45, 7) is 6.33. The molecule has 1 aromatic heterocycles. The van der Waals surface area contributed by atoms with Crippen molar-refractivity contribution in [3.8, 4) is 28.4 Å². The summed E-state index contributed by atoms with van der Waals surface area (Å²) in [6, 6.07) is 15.1. The molecule has 3 N–H and O–H groups in total. The molecule has 4 aromatic rings. The molecule has 0 spiro atoms. The van der Waals surface area contributed by atoms with Gasteiger partial charge in [0.05, 0.1) is 18.2 Å². The Kier molecular flexibility index (Phi) is 6.01. The second-order valence-electron chi connectivity index (χ2n) is 10.4. The van der Waals surface area contributed by atoms with Gasteiger partial charge in [0.1, 0.15) is 23.4 Å². The molecule has 0 amide bonds. The van der Waals surface area contributed by atoms with Gasteiger partial charge in [-0.3, -0.25) is 0 Å². The Morgan fingerprint density at radius 2 is 1.79 bits per heavy atom. The van der Waals surface area contributed by atoms with E-state index >= 15 is 0 Å². The lowest BCUT2D eigenvalue weighted by atomic mass is 9.83. The first kappa shape index (κ1) is 25.2. The summed E-state index contributed by atoms with van der Waals surface area (Å²) in [5.41, 5.74) is 6.60. The van der Waals surface area contributed by atoms with E-state index in [2.05, 4.69) is 38.2 Å². The number of thiophene rings is 1. The number of ether oxygens (including phenoxy) is 2. The molecule has 2 aliphatic rings. The van der Waals surface area contributed by atoms with E-state index < -0.39 is 6.10 Å². The number of hydrogen-bond acceptors (Lipinski definition) is 6. The smallest absolute Gasteiger partial charge is 0.172 e. The van der Waals surface area contributed by atoms with Gasteiger partial charge in [-0.2, -0.15) is 0 Å². The highest BCUT2D eigenvalue weighted by molar-refractivity contribution is 7.11. The van der Waals surface area contributed by atoms with Crippen LogP contribution in [0.5, 0.6) is 17.2 Å². The topological polar surface area (TPSA) is 71.0 Å². The third-order valence-corrected chi connectivity index (χ3v) is 8.02. The van der Waals surface area contributed by atoms with Crippen LogP contribution in [0.15, 0.2) is 66.1 Å². The number of aliphatic hydroxyl groups excluding tert-OH is 1. The fourth-order valence-electron chi connectivity index (χ4n) is 5.57. The maximum absolute atomic E-state index is 13.5. The summed E-state index contributed by atoms with van der Waals surface area (Å²) in [5.74, 6) is 1.21. The van der Waals surface area contributed by atoms with Crippen molar-refractivity contribution in [3.63, 3.8) is 0 Å². The van der Waals surface area contributed by atoms with Crippen LogP contribution in [0, 0.1) is 5.82 Å². The van der Waals surface area contributed by atoms with Gasteiger partial charge in [0.25, 0.3) is 0 Å². The summed E-state index contributed by atoms with van der Waals surface area (Å²) in [4.78, 5) is 0.824. The van der Waals surface area contributed by atoms with Crippen LogP contribution < -0.4 is 14.8 Å². The number of aliphatic hydroxyl groups is 1. The molecule has 0 aliphatic carbocycles. The predicted octanol–water partition coefficient (Wildman–Crippen LogP) is 7.85. The molecular formula is C32H28FNO4S. The van der Waals surface area contributed by atoms with E-state index in [1.54, 1.807) is 24.3 Å². The first-order valence-electron chi connectivity index (χ1n) is 12.6. The van der Waals surface area contributed by atoms with Crippen LogP contribution in [0.4, 0.5) is 10.1 Å². The standard InChI is InChI=1S/C32H28FNO4S/c1-17-16-32(2,3)34-22-10-9-21-28(27(17)22)25(38-24-12-11-23(35)31(37-4)29(21)24)15-26-20(13-14-39-26)30(36)18-5-7-19(33)8-6-18/h5-16,30,34-36H,1-4H3/b25-15-. The van der Waals surface area contributed by atoms with Gasteiger partial charge in [-0.1, -0.05) is 24.3 Å². The number of benzene rings is 3. The summed E-state index contributed by atoms with van der Waals surface area (Å²) in [6.07, 6.45) is 3.21. The van der Waals surface area contributed by atoms with Gasteiger partial charge in [0, 0.05) is 32.8 Å². The van der Waals surface area contributed by atoms with Crippen LogP contribution >= 0.6 is 11.3 Å². The Bertz CT molecular complexity index is 1670. The van der Waals surface area contributed by atoms with Crippen molar-refractivity contribution in [2.75, 3.05) is 12.4 Å². The van der Waals surface area contributed by atoms with E-state index in [-0.39, 0.29) is 17.1 Å². The number of anilines is 1. The van der Waals surface area contributed by atoms with Crippen molar-refractivity contribution in [2.45, 2.75) is 32.4 Å². The van der Waals surface area contributed by atoms with Crippen molar-refractivity contribution < 1.29 is 24.1 Å². The normalized spacial score (nSPS) is 16.8. The van der Waals surface area contributed by atoms with E-state index in [4.69, 9.17) is 9.47 Å². The lowest BCUT2D eigenvalue weighted by molar-refractivity contribution is 0.220. The van der Waals surface area contributed by atoms with Crippen molar-refractivity contribution in [1.82, 2.24) is 0 Å². The van der Waals surface area contributed by atoms with Crippen LogP contribution in [0.2, 0.25) is 0 Å². The summed E-state index contributed by atoms with van der Waals surface area (Å²) in [7, 11) is 1.53. The maximum atomic E-state index is 13.5. The highest BCUT2D eigenvalue weighted by Crippen LogP contribution is 2.54. The number of phenols is 1. The number of phenolic OH excluding ortho intramolecular Hbond substituents is 1. The van der Waals surface area contributed by atoms with Crippen LogP contribution in [0.25, 0.3) is 28.5 Å². The zero-order valence-corrected chi connectivity index (χ0v) is 22.8. The van der Waals surface area contributed by atoms with Crippen molar-refractivity contribution in [2.24, 2.45) is 0 Å². The molecule has 0 radical (unpaired) electrons. The Balaban J connectivity index is 1.57. The number of nitrogens with one attached hydrogen (secondary N) is 1. The molecule has 0 fully saturated rings. The first-order valence-corrected chi connectivity index (χ1v) is 13.5. The molecular weight excluding hydrogens is 513 g/mol. The zero-order chi connectivity index (χ0) is 27.5. The fraction of sp³-hybridized carbons (Fsp3) is 0.188. The molecule has 7 heteroatoms. The number of allylic oxidation sites excluding steroid dienone is 1. The van der Waals surface area contributed by atoms with E-state index in [1.165, 1.54) is 30.6 Å². The molecule has 3 aromatic carbocycles. The number of aromatic hydroxyl groups is 1. The minimum absolute atomic E-state index is 0.0328. The predicted molar refractivity (Wildman–Crippen MR) is 155 cm³/mol. The maximum Gasteiger partial charge on any atom is 0.172 e. The molecule has 1 unspecified atom stereocenters. The number of fused-ring (bicyclic) bond motifs is 5. The van der Waals surface area contributed by atoms with Crippen LogP contribution in [0.1, 0.15) is 54.0 Å². The SMILES string of the molecule is COc1c(O)ccc2c1-c1ccc3c(c1/C(=C/c1sccc1C(O)c1ccc(F)cc1)O2)C(C)=CC(C)(C)N3. The summed E-state index contributed by atoms with van der Waals surface area (Å²) >= 11 is 1.49. The second-order valence-corrected chi connectivity index (χ2v) is 11.3. The Morgan fingerprint density at radius 3 is 2.54 bits per heavy atom. The molecule has 0 bridgehead atoms. The molecule has 198 valence electrons. The Hall–Kier alpha value is -4.07. The molecule has 1 atom stereocenters. The van der Waals surface area contributed by atoms with Crippen LogP contribution in [0.3, 0.4) is 0 Å². The molecule has 3 heterocycles. The molecule has 5 nitrogen and oxygen atoms in total. The van der Waals surface area contributed by atoms with Gasteiger partial charge in [-0.25, -0.2) is 4.39 Å². The van der Waals surface area contributed by atoms with Crippen LogP contribution in [-0.2, 0) is 0 Å². The molecule has 39 heavy (non-hydrogen) atoms. The van der Waals surface area contributed by atoms with Crippen molar-refractivity contribution >= 4 is 34.4 Å². The van der Waals surface area contributed by atoms with E-state index in [0.717, 1.165) is 32.8 Å². The van der Waals surface area contributed by atoms with E-state index in [1.807, 2.05) is 23.6 Å². The summed E-state index contributed by atoms with van der Waals surface area (Å²) < 4.78 is 25.7. The first-order chi connectivity index (χ1) is 18.7.